The summed E-state index contributed by atoms with van der Waals surface area (Å²) in [4.78, 5) is 0. The van der Waals surface area contributed by atoms with E-state index in [-0.39, 0.29) is 0 Å². The van der Waals surface area contributed by atoms with Crippen LogP contribution in [0.5, 0.6) is 0 Å². The van der Waals surface area contributed by atoms with E-state index < -0.39 is 11.7 Å². The molecule has 0 nitrogen and oxygen atoms in total. The van der Waals surface area contributed by atoms with Crippen molar-refractivity contribution in [1.29, 1.82) is 0 Å². The summed E-state index contributed by atoms with van der Waals surface area (Å²) in [6.45, 7) is 2.10. The van der Waals surface area contributed by atoms with Gasteiger partial charge in [-0.1, -0.05) is 72.8 Å². The summed E-state index contributed by atoms with van der Waals surface area (Å²) in [5, 5.41) is 4.50. The molecule has 0 N–H and O–H groups in total. The molecule has 5 aromatic carbocycles. The van der Waals surface area contributed by atoms with Crippen molar-refractivity contribution < 1.29 is 13.2 Å². The van der Waals surface area contributed by atoms with E-state index in [9.17, 15) is 13.2 Å². The SMILES string of the molecule is Cc1ccc2ccccc2c1-c1cc(-c2ccc(C(F)(F)F)cc2)cc2ccccc12. The summed E-state index contributed by atoms with van der Waals surface area (Å²) < 4.78 is 39.0. The van der Waals surface area contributed by atoms with Crippen LogP contribution in [0.3, 0.4) is 0 Å². The van der Waals surface area contributed by atoms with Crippen molar-refractivity contribution in [3.05, 3.63) is 108 Å². The maximum absolute atomic E-state index is 13.0. The second kappa shape index (κ2) is 7.28. The van der Waals surface area contributed by atoms with Crippen LogP contribution in [0.4, 0.5) is 13.2 Å². The second-order valence-corrected chi connectivity index (χ2v) is 7.80. The van der Waals surface area contributed by atoms with Gasteiger partial charge in [0.25, 0.3) is 0 Å². The molecule has 0 amide bonds. The van der Waals surface area contributed by atoms with Crippen molar-refractivity contribution in [3.63, 3.8) is 0 Å². The lowest BCUT2D eigenvalue weighted by Gasteiger charge is -2.16. The van der Waals surface area contributed by atoms with Crippen LogP contribution >= 0.6 is 0 Å². The number of benzene rings is 5. The molecular weight excluding hydrogens is 393 g/mol. The quantitative estimate of drug-likeness (QED) is 0.272. The van der Waals surface area contributed by atoms with E-state index in [1.807, 2.05) is 36.4 Å². The van der Waals surface area contributed by atoms with E-state index in [0.29, 0.717) is 0 Å². The molecule has 5 rings (SSSR count). The van der Waals surface area contributed by atoms with Gasteiger partial charge in [0.05, 0.1) is 5.56 Å². The lowest BCUT2D eigenvalue weighted by molar-refractivity contribution is -0.137. The van der Waals surface area contributed by atoms with E-state index in [1.54, 1.807) is 12.1 Å². The number of alkyl halides is 3. The summed E-state index contributed by atoms with van der Waals surface area (Å²) in [6, 6.07) is 30.2. The third-order valence-corrected chi connectivity index (χ3v) is 5.81. The minimum atomic E-state index is -4.34. The predicted molar refractivity (Wildman–Crippen MR) is 122 cm³/mol. The van der Waals surface area contributed by atoms with Gasteiger partial charge in [0.15, 0.2) is 0 Å². The average molecular weight is 412 g/mol. The Kier molecular flexibility index (Phi) is 4.55. The molecule has 5 aromatic rings. The lowest BCUT2D eigenvalue weighted by Crippen LogP contribution is -2.04. The first-order valence-electron chi connectivity index (χ1n) is 10.1. The van der Waals surface area contributed by atoms with E-state index in [0.717, 1.165) is 61.5 Å². The summed E-state index contributed by atoms with van der Waals surface area (Å²) in [7, 11) is 0. The third kappa shape index (κ3) is 3.46. The molecule has 0 fully saturated rings. The average Bonchev–Trinajstić information content (AvgIpc) is 2.78. The Morgan fingerprint density at radius 1 is 0.581 bits per heavy atom. The predicted octanol–water partition coefficient (Wildman–Crippen LogP) is 8.65. The monoisotopic (exact) mass is 412 g/mol. The van der Waals surface area contributed by atoms with Crippen molar-refractivity contribution in [2.24, 2.45) is 0 Å². The maximum atomic E-state index is 13.0. The number of aryl methyl sites for hydroxylation is 1. The molecule has 0 aromatic heterocycles. The van der Waals surface area contributed by atoms with Crippen molar-refractivity contribution >= 4 is 21.5 Å². The van der Waals surface area contributed by atoms with Crippen molar-refractivity contribution in [2.45, 2.75) is 13.1 Å². The molecule has 0 saturated carbocycles. The van der Waals surface area contributed by atoms with Crippen molar-refractivity contribution in [3.8, 4) is 22.3 Å². The molecule has 0 aliphatic carbocycles. The van der Waals surface area contributed by atoms with Gasteiger partial charge in [-0.2, -0.15) is 13.2 Å². The topological polar surface area (TPSA) is 0 Å². The van der Waals surface area contributed by atoms with Gasteiger partial charge >= 0.3 is 6.18 Å². The normalized spacial score (nSPS) is 11.9. The van der Waals surface area contributed by atoms with Gasteiger partial charge < -0.3 is 0 Å². The minimum absolute atomic E-state index is 0.637. The Morgan fingerprint density at radius 2 is 1.23 bits per heavy atom. The van der Waals surface area contributed by atoms with E-state index in [1.165, 1.54) is 0 Å². The zero-order valence-electron chi connectivity index (χ0n) is 16.9. The molecule has 31 heavy (non-hydrogen) atoms. The Hall–Kier alpha value is -3.59. The van der Waals surface area contributed by atoms with Crippen LogP contribution in [-0.4, -0.2) is 0 Å². The first-order chi connectivity index (χ1) is 14.9. The van der Waals surface area contributed by atoms with Gasteiger partial charge in [-0.05, 0) is 80.6 Å². The molecule has 0 aliphatic rings. The van der Waals surface area contributed by atoms with Crippen molar-refractivity contribution in [2.75, 3.05) is 0 Å². The first-order valence-corrected chi connectivity index (χ1v) is 10.1. The molecule has 3 heteroatoms. The van der Waals surface area contributed by atoms with Crippen LogP contribution in [0.1, 0.15) is 11.1 Å². The number of hydrogen-bond donors (Lipinski definition) is 0. The molecule has 0 unspecified atom stereocenters. The number of halogens is 3. The molecular formula is C28H19F3. The molecule has 0 atom stereocenters. The van der Waals surface area contributed by atoms with E-state index >= 15 is 0 Å². The van der Waals surface area contributed by atoms with Gasteiger partial charge in [0.2, 0.25) is 0 Å². The van der Waals surface area contributed by atoms with Gasteiger partial charge in [-0.15, -0.1) is 0 Å². The highest BCUT2D eigenvalue weighted by atomic mass is 19.4. The zero-order chi connectivity index (χ0) is 21.6. The minimum Gasteiger partial charge on any atom is -0.166 e. The van der Waals surface area contributed by atoms with Crippen LogP contribution in [0.15, 0.2) is 97.1 Å². The molecule has 152 valence electrons. The Labute approximate surface area is 178 Å². The lowest BCUT2D eigenvalue weighted by atomic mass is 9.88. The van der Waals surface area contributed by atoms with Crippen LogP contribution in [0.25, 0.3) is 43.8 Å². The van der Waals surface area contributed by atoms with Gasteiger partial charge in [0, 0.05) is 0 Å². The van der Waals surface area contributed by atoms with Crippen LogP contribution in [-0.2, 0) is 6.18 Å². The largest absolute Gasteiger partial charge is 0.416 e. The van der Waals surface area contributed by atoms with Gasteiger partial charge in [-0.25, -0.2) is 0 Å². The molecule has 0 radical (unpaired) electrons. The molecule has 0 saturated heterocycles. The Balaban J connectivity index is 1.78. The number of fused-ring (bicyclic) bond motifs is 2. The highest BCUT2D eigenvalue weighted by Gasteiger charge is 2.30. The fourth-order valence-electron chi connectivity index (χ4n) is 4.27. The highest BCUT2D eigenvalue weighted by Crippen LogP contribution is 2.39. The standard InChI is InChI=1S/C28H19F3/c1-18-10-11-20-6-2-5-9-25(20)27(18)26-17-22(16-21-7-3-4-8-24(21)26)19-12-14-23(15-13-19)28(29,30)31/h2-17H,1H3. The van der Waals surface area contributed by atoms with Gasteiger partial charge in [-0.3, -0.25) is 0 Å². The summed E-state index contributed by atoms with van der Waals surface area (Å²) >= 11 is 0. The Bertz CT molecular complexity index is 1410. The summed E-state index contributed by atoms with van der Waals surface area (Å²) in [5.41, 5.74) is 4.42. The molecule has 0 spiro atoms. The fraction of sp³-hybridized carbons (Fsp3) is 0.0714. The molecule has 0 aliphatic heterocycles. The second-order valence-electron chi connectivity index (χ2n) is 7.80. The smallest absolute Gasteiger partial charge is 0.166 e. The third-order valence-electron chi connectivity index (χ3n) is 5.81. The van der Waals surface area contributed by atoms with Crippen LogP contribution in [0.2, 0.25) is 0 Å². The summed E-state index contributed by atoms with van der Waals surface area (Å²) in [6.07, 6.45) is -4.34. The number of hydrogen-bond acceptors (Lipinski definition) is 0. The first kappa shape index (κ1) is 19.4. The molecule has 0 heterocycles. The Morgan fingerprint density at radius 3 is 1.94 bits per heavy atom. The van der Waals surface area contributed by atoms with E-state index in [4.69, 9.17) is 0 Å². The van der Waals surface area contributed by atoms with Crippen LogP contribution < -0.4 is 0 Å². The van der Waals surface area contributed by atoms with Gasteiger partial charge in [0.1, 0.15) is 0 Å². The zero-order valence-corrected chi connectivity index (χ0v) is 16.9. The van der Waals surface area contributed by atoms with Crippen molar-refractivity contribution in [1.82, 2.24) is 0 Å². The summed E-state index contributed by atoms with van der Waals surface area (Å²) in [5.74, 6) is 0. The van der Waals surface area contributed by atoms with Crippen LogP contribution in [0, 0.1) is 6.92 Å². The number of rotatable bonds is 2. The maximum Gasteiger partial charge on any atom is 0.416 e. The molecule has 0 bridgehead atoms. The highest BCUT2D eigenvalue weighted by molar-refractivity contribution is 6.08. The van der Waals surface area contributed by atoms with E-state index in [2.05, 4.69) is 43.3 Å². The fourth-order valence-corrected chi connectivity index (χ4v) is 4.27.